The van der Waals surface area contributed by atoms with Gasteiger partial charge >= 0.3 is 6.18 Å². The predicted octanol–water partition coefficient (Wildman–Crippen LogP) is 4.85. The topological polar surface area (TPSA) is 121 Å². The van der Waals surface area contributed by atoms with Crippen LogP contribution in [0.2, 0.25) is 0 Å². The lowest BCUT2D eigenvalue weighted by Gasteiger charge is -2.28. The number of carbonyl (C=O) groups is 1. The van der Waals surface area contributed by atoms with Crippen LogP contribution in [0.15, 0.2) is 67.1 Å². The monoisotopic (exact) mass is 562 g/mol. The first-order valence-electron chi connectivity index (χ1n) is 13.0. The predicted molar refractivity (Wildman–Crippen MR) is 152 cm³/mol. The second-order valence-corrected chi connectivity index (χ2v) is 9.73. The van der Waals surface area contributed by atoms with E-state index in [1.165, 1.54) is 18.5 Å². The molecule has 212 valence electrons. The van der Waals surface area contributed by atoms with E-state index in [1.807, 2.05) is 17.9 Å². The number of hydrogen-bond acceptors (Lipinski definition) is 8. The van der Waals surface area contributed by atoms with Crippen LogP contribution in [-0.4, -0.2) is 51.9 Å². The third kappa shape index (κ3) is 6.79. The van der Waals surface area contributed by atoms with Crippen LogP contribution in [0.3, 0.4) is 0 Å². The number of nitrogen functional groups attached to an aromatic ring is 1. The highest BCUT2D eigenvalue weighted by molar-refractivity contribution is 6.04. The van der Waals surface area contributed by atoms with E-state index in [-0.39, 0.29) is 17.7 Å². The standard InChI is InChI=1S/C29H29F3N8O/c1-18-4-7-21(14-24(18)39-27-22(3-2-8-35-27)25-15-26(33)37-17-36-25)38-28(41)19-5-6-20(23(13-19)29(30,31)32)16-40-11-9-34-10-12-40/h2-8,13-15,17,34H,9-12,16H2,1H3,(H,35,39)(H,38,41)(H2,33,36,37). The maximum Gasteiger partial charge on any atom is 0.416 e. The minimum Gasteiger partial charge on any atom is -0.384 e. The first-order chi connectivity index (χ1) is 19.7. The van der Waals surface area contributed by atoms with Gasteiger partial charge in [-0.05, 0) is 54.4 Å². The Kier molecular flexibility index (Phi) is 8.13. The van der Waals surface area contributed by atoms with Crippen molar-refractivity contribution in [1.29, 1.82) is 0 Å². The summed E-state index contributed by atoms with van der Waals surface area (Å²) in [5.41, 5.74) is 8.27. The molecule has 12 heteroatoms. The van der Waals surface area contributed by atoms with Crippen molar-refractivity contribution < 1.29 is 18.0 Å². The Hall–Kier alpha value is -4.55. The van der Waals surface area contributed by atoms with Crippen molar-refractivity contribution in [2.45, 2.75) is 19.6 Å². The van der Waals surface area contributed by atoms with E-state index in [0.717, 1.165) is 24.7 Å². The highest BCUT2D eigenvalue weighted by atomic mass is 19.4. The number of anilines is 4. The number of aromatic nitrogens is 3. The zero-order valence-electron chi connectivity index (χ0n) is 22.3. The lowest BCUT2D eigenvalue weighted by atomic mass is 10.0. The van der Waals surface area contributed by atoms with E-state index in [0.29, 0.717) is 47.4 Å². The van der Waals surface area contributed by atoms with E-state index < -0.39 is 17.6 Å². The van der Waals surface area contributed by atoms with Gasteiger partial charge in [0.25, 0.3) is 5.91 Å². The van der Waals surface area contributed by atoms with Gasteiger partial charge in [-0.2, -0.15) is 13.2 Å². The maximum absolute atomic E-state index is 14.0. The maximum atomic E-state index is 14.0. The highest BCUT2D eigenvalue weighted by Gasteiger charge is 2.34. The summed E-state index contributed by atoms with van der Waals surface area (Å²) in [7, 11) is 0. The SMILES string of the molecule is Cc1ccc(NC(=O)c2ccc(CN3CCNCC3)c(C(F)(F)F)c2)cc1Nc1ncccc1-c1cc(N)ncn1. The Labute approximate surface area is 235 Å². The van der Waals surface area contributed by atoms with Crippen molar-refractivity contribution in [2.24, 2.45) is 0 Å². The molecule has 5 N–H and O–H groups in total. The number of nitrogens with zero attached hydrogens (tertiary/aromatic N) is 4. The van der Waals surface area contributed by atoms with Gasteiger partial charge in [0.05, 0.1) is 11.3 Å². The van der Waals surface area contributed by atoms with Crippen molar-refractivity contribution in [3.63, 3.8) is 0 Å². The van der Waals surface area contributed by atoms with Crippen molar-refractivity contribution in [3.05, 3.63) is 89.4 Å². The number of nitrogens with one attached hydrogen (secondary N) is 3. The normalized spacial score (nSPS) is 14.0. The molecule has 4 aromatic rings. The Bertz CT molecular complexity index is 1550. The van der Waals surface area contributed by atoms with Gasteiger partial charge in [-0.15, -0.1) is 0 Å². The van der Waals surface area contributed by atoms with Crippen molar-refractivity contribution in [3.8, 4) is 11.3 Å². The molecule has 2 aromatic carbocycles. The summed E-state index contributed by atoms with van der Waals surface area (Å²) < 4.78 is 41.9. The number of rotatable bonds is 7. The van der Waals surface area contributed by atoms with Gasteiger partial charge in [0.2, 0.25) is 0 Å². The van der Waals surface area contributed by atoms with Gasteiger partial charge in [0.15, 0.2) is 0 Å². The van der Waals surface area contributed by atoms with Crippen LogP contribution >= 0.6 is 0 Å². The zero-order valence-corrected chi connectivity index (χ0v) is 22.3. The first kappa shape index (κ1) is 28.0. The number of aryl methyl sites for hydroxylation is 1. The Morgan fingerprint density at radius 2 is 1.85 bits per heavy atom. The summed E-state index contributed by atoms with van der Waals surface area (Å²) in [5.74, 6) is 0.178. The van der Waals surface area contributed by atoms with Gasteiger partial charge in [-0.25, -0.2) is 15.0 Å². The lowest BCUT2D eigenvalue weighted by Crippen LogP contribution is -2.43. The summed E-state index contributed by atoms with van der Waals surface area (Å²) in [4.78, 5) is 27.7. The molecule has 9 nitrogen and oxygen atoms in total. The molecular weight excluding hydrogens is 533 g/mol. The molecule has 1 amide bonds. The Morgan fingerprint density at radius 3 is 2.61 bits per heavy atom. The van der Waals surface area contributed by atoms with Gasteiger partial charge in [0.1, 0.15) is 18.0 Å². The molecule has 1 aliphatic rings. The molecule has 5 rings (SSSR count). The van der Waals surface area contributed by atoms with Crippen LogP contribution in [-0.2, 0) is 12.7 Å². The molecule has 1 saturated heterocycles. The minimum atomic E-state index is -4.59. The van der Waals surface area contributed by atoms with E-state index in [2.05, 4.69) is 30.9 Å². The zero-order chi connectivity index (χ0) is 29.0. The van der Waals surface area contributed by atoms with Gasteiger partial charge in [-0.3, -0.25) is 9.69 Å². The van der Waals surface area contributed by atoms with E-state index in [1.54, 1.807) is 36.5 Å². The molecule has 0 unspecified atom stereocenters. The number of carbonyl (C=O) groups excluding carboxylic acids is 1. The number of nitrogens with two attached hydrogens (primary N) is 1. The summed E-state index contributed by atoms with van der Waals surface area (Å²) in [6.07, 6.45) is -1.60. The van der Waals surface area contributed by atoms with Crippen molar-refractivity contribution in [2.75, 3.05) is 42.5 Å². The van der Waals surface area contributed by atoms with Crippen LogP contribution < -0.4 is 21.7 Å². The van der Waals surface area contributed by atoms with Crippen molar-refractivity contribution >= 4 is 28.9 Å². The van der Waals surface area contributed by atoms with Crippen LogP contribution in [0.1, 0.15) is 27.0 Å². The smallest absolute Gasteiger partial charge is 0.384 e. The number of halogens is 3. The molecule has 0 saturated carbocycles. The summed E-state index contributed by atoms with van der Waals surface area (Å²) in [5, 5.41) is 9.18. The largest absolute Gasteiger partial charge is 0.416 e. The van der Waals surface area contributed by atoms with E-state index >= 15 is 0 Å². The molecule has 3 heterocycles. The number of alkyl halides is 3. The number of piperazine rings is 1. The molecule has 0 atom stereocenters. The molecule has 0 radical (unpaired) electrons. The number of hydrogen-bond donors (Lipinski definition) is 4. The summed E-state index contributed by atoms with van der Waals surface area (Å²) >= 11 is 0. The highest BCUT2D eigenvalue weighted by Crippen LogP contribution is 2.34. The first-order valence-corrected chi connectivity index (χ1v) is 13.0. The summed E-state index contributed by atoms with van der Waals surface area (Å²) in [6.45, 7) is 4.83. The van der Waals surface area contributed by atoms with E-state index in [4.69, 9.17) is 5.73 Å². The van der Waals surface area contributed by atoms with Gasteiger partial charge in [0, 0.05) is 67.5 Å². The van der Waals surface area contributed by atoms with Crippen LogP contribution in [0.4, 0.5) is 36.2 Å². The second-order valence-electron chi connectivity index (χ2n) is 9.73. The number of benzene rings is 2. The third-order valence-electron chi connectivity index (χ3n) is 6.80. The van der Waals surface area contributed by atoms with E-state index in [9.17, 15) is 18.0 Å². The fourth-order valence-corrected chi connectivity index (χ4v) is 4.63. The third-order valence-corrected chi connectivity index (χ3v) is 6.80. The number of amides is 1. The van der Waals surface area contributed by atoms with Crippen LogP contribution in [0, 0.1) is 6.92 Å². The molecule has 0 bridgehead atoms. The van der Waals surface area contributed by atoms with Crippen molar-refractivity contribution in [1.82, 2.24) is 25.2 Å². The van der Waals surface area contributed by atoms with Crippen LogP contribution in [0.5, 0.6) is 0 Å². The second kappa shape index (κ2) is 11.9. The van der Waals surface area contributed by atoms with Gasteiger partial charge < -0.3 is 21.7 Å². The Morgan fingerprint density at radius 1 is 1.05 bits per heavy atom. The molecule has 1 aliphatic heterocycles. The number of pyridine rings is 1. The molecule has 0 spiro atoms. The molecule has 2 aromatic heterocycles. The molecule has 41 heavy (non-hydrogen) atoms. The average molecular weight is 563 g/mol. The molecule has 0 aliphatic carbocycles. The molecule has 1 fully saturated rings. The van der Waals surface area contributed by atoms with Gasteiger partial charge in [-0.1, -0.05) is 12.1 Å². The average Bonchev–Trinajstić information content (AvgIpc) is 2.95. The minimum absolute atomic E-state index is 0.0789. The lowest BCUT2D eigenvalue weighted by molar-refractivity contribution is -0.138. The quantitative estimate of drug-likeness (QED) is 0.252. The summed E-state index contributed by atoms with van der Waals surface area (Å²) in [6, 6.07) is 14.2. The Balaban J connectivity index is 1.36. The fourth-order valence-electron chi connectivity index (χ4n) is 4.63. The fraction of sp³-hybridized carbons (Fsp3) is 0.241. The van der Waals surface area contributed by atoms with Crippen LogP contribution in [0.25, 0.3) is 11.3 Å². The molecular formula is C29H29F3N8O.